The molecule has 2 rings (SSSR count). The Balaban J connectivity index is 2.37. The van der Waals surface area contributed by atoms with Crippen LogP contribution in [0.25, 0.3) is 0 Å². The summed E-state index contributed by atoms with van der Waals surface area (Å²) in [5, 5.41) is 2.87. The molecule has 1 N–H and O–H groups in total. The fourth-order valence-electron chi connectivity index (χ4n) is 3.52. The lowest BCUT2D eigenvalue weighted by molar-refractivity contribution is -0.139. The molecule has 2 aromatic carbocycles. The Bertz CT molecular complexity index is 1120. The number of benzene rings is 2. The average Bonchev–Trinajstić information content (AvgIpc) is 2.76. The van der Waals surface area contributed by atoms with Crippen molar-refractivity contribution < 1.29 is 18.0 Å². The highest BCUT2D eigenvalue weighted by Crippen LogP contribution is 2.25. The molecule has 2 amide bonds. The number of nitrogens with zero attached hydrogens (tertiary/aromatic N) is 2. The average molecular weight is 553 g/mol. The molecule has 0 heterocycles. The van der Waals surface area contributed by atoms with E-state index in [1.54, 1.807) is 25.1 Å². The zero-order valence-electron chi connectivity index (χ0n) is 20.5. The topological polar surface area (TPSA) is 86.8 Å². The quantitative estimate of drug-likeness (QED) is 0.424. The molecule has 0 aromatic heterocycles. The van der Waals surface area contributed by atoms with Crippen molar-refractivity contribution in [1.29, 1.82) is 0 Å². The number of sulfonamides is 1. The first-order valence-corrected chi connectivity index (χ1v) is 13.9. The summed E-state index contributed by atoms with van der Waals surface area (Å²) in [6.07, 6.45) is 2.86. The van der Waals surface area contributed by atoms with E-state index in [0.29, 0.717) is 12.2 Å². The summed E-state index contributed by atoms with van der Waals surface area (Å²) < 4.78 is 27.2. The van der Waals surface area contributed by atoms with Crippen molar-refractivity contribution in [2.24, 2.45) is 0 Å². The first kappa shape index (κ1) is 27.9. The van der Waals surface area contributed by atoms with Crippen LogP contribution in [0.5, 0.6) is 0 Å². The molecule has 0 aliphatic rings. The maximum absolute atomic E-state index is 13.5. The van der Waals surface area contributed by atoms with Crippen molar-refractivity contribution in [3.05, 3.63) is 63.6 Å². The van der Waals surface area contributed by atoms with E-state index in [2.05, 4.69) is 21.2 Å². The predicted octanol–water partition coefficient (Wildman–Crippen LogP) is 4.17. The van der Waals surface area contributed by atoms with Gasteiger partial charge in [-0.05, 0) is 56.5 Å². The predicted molar refractivity (Wildman–Crippen MR) is 140 cm³/mol. The van der Waals surface area contributed by atoms with E-state index in [-0.39, 0.29) is 12.5 Å². The second kappa shape index (κ2) is 12.4. The molecule has 186 valence electrons. The minimum absolute atomic E-state index is 0.194. The zero-order chi connectivity index (χ0) is 25.5. The molecule has 0 unspecified atom stereocenters. The number of carbonyl (C=O) groups excluding carboxylic acids is 2. The van der Waals surface area contributed by atoms with Crippen LogP contribution >= 0.6 is 15.9 Å². The molecule has 0 aliphatic heterocycles. The van der Waals surface area contributed by atoms with Gasteiger partial charge in [-0.15, -0.1) is 0 Å². The summed E-state index contributed by atoms with van der Waals surface area (Å²) in [5.74, 6) is -0.717. The minimum Gasteiger partial charge on any atom is -0.354 e. The van der Waals surface area contributed by atoms with Gasteiger partial charge < -0.3 is 10.2 Å². The van der Waals surface area contributed by atoms with Gasteiger partial charge in [-0.2, -0.15) is 0 Å². The van der Waals surface area contributed by atoms with Gasteiger partial charge in [0.15, 0.2) is 0 Å². The molecular formula is C25H34BrN3O4S. The standard InChI is InChI=1S/C25H34BrN3O4S/c1-6-7-13-27-25(31)20(4)28(16-21-10-8-9-18(2)14-21)24(30)17-29(34(5,32)33)22-11-12-23(26)19(3)15-22/h8-12,14-15,20H,6-7,13,16-17H2,1-5H3,(H,27,31)/t20-/m0/s1. The number of hydrogen-bond acceptors (Lipinski definition) is 4. The number of amides is 2. The van der Waals surface area contributed by atoms with Crippen molar-refractivity contribution in [3.63, 3.8) is 0 Å². The molecule has 7 nitrogen and oxygen atoms in total. The normalized spacial score (nSPS) is 12.2. The second-order valence-electron chi connectivity index (χ2n) is 8.53. The number of anilines is 1. The second-order valence-corrected chi connectivity index (χ2v) is 11.3. The Morgan fingerprint density at radius 3 is 2.41 bits per heavy atom. The molecule has 0 spiro atoms. The van der Waals surface area contributed by atoms with Crippen LogP contribution < -0.4 is 9.62 Å². The van der Waals surface area contributed by atoms with E-state index in [1.165, 1.54) is 4.90 Å². The minimum atomic E-state index is -3.75. The van der Waals surface area contributed by atoms with Crippen LogP contribution in [-0.4, -0.2) is 50.5 Å². The fraction of sp³-hybridized carbons (Fsp3) is 0.440. The van der Waals surface area contributed by atoms with E-state index in [9.17, 15) is 18.0 Å². The van der Waals surface area contributed by atoms with Crippen molar-refractivity contribution in [2.75, 3.05) is 23.7 Å². The molecule has 2 aromatic rings. The third kappa shape index (κ3) is 7.84. The van der Waals surface area contributed by atoms with Gasteiger partial charge in [-0.3, -0.25) is 13.9 Å². The van der Waals surface area contributed by atoms with Crippen LogP contribution in [0.1, 0.15) is 43.4 Å². The van der Waals surface area contributed by atoms with Crippen molar-refractivity contribution >= 4 is 43.5 Å². The Morgan fingerprint density at radius 2 is 1.82 bits per heavy atom. The van der Waals surface area contributed by atoms with Crippen LogP contribution in [0.15, 0.2) is 46.9 Å². The van der Waals surface area contributed by atoms with Crippen LogP contribution in [0.3, 0.4) is 0 Å². The van der Waals surface area contributed by atoms with Gasteiger partial charge in [0.05, 0.1) is 11.9 Å². The molecule has 0 fully saturated rings. The largest absolute Gasteiger partial charge is 0.354 e. The van der Waals surface area contributed by atoms with Gasteiger partial charge in [-0.1, -0.05) is 59.1 Å². The molecule has 34 heavy (non-hydrogen) atoms. The summed E-state index contributed by atoms with van der Waals surface area (Å²) in [6, 6.07) is 12.0. The summed E-state index contributed by atoms with van der Waals surface area (Å²) >= 11 is 3.42. The van der Waals surface area contributed by atoms with Crippen LogP contribution in [0, 0.1) is 13.8 Å². The van der Waals surface area contributed by atoms with Gasteiger partial charge >= 0.3 is 0 Å². The van der Waals surface area contributed by atoms with Gasteiger partial charge in [-0.25, -0.2) is 8.42 Å². The molecule has 0 saturated heterocycles. The number of carbonyl (C=O) groups is 2. The van der Waals surface area contributed by atoms with Crippen LogP contribution in [-0.2, 0) is 26.2 Å². The Hall–Kier alpha value is -2.39. The van der Waals surface area contributed by atoms with Crippen molar-refractivity contribution in [1.82, 2.24) is 10.2 Å². The number of unbranched alkanes of at least 4 members (excludes halogenated alkanes) is 1. The Labute approximate surface area is 211 Å². The molecule has 0 saturated carbocycles. The summed E-state index contributed by atoms with van der Waals surface area (Å²) in [5.41, 5.74) is 3.14. The molecule has 0 bridgehead atoms. The van der Waals surface area contributed by atoms with Crippen molar-refractivity contribution in [3.8, 4) is 0 Å². The number of hydrogen-bond donors (Lipinski definition) is 1. The molecule has 9 heteroatoms. The SMILES string of the molecule is CCCCNC(=O)[C@H](C)N(Cc1cccc(C)c1)C(=O)CN(c1ccc(Br)c(C)c1)S(C)(=O)=O. The van der Waals surface area contributed by atoms with Gasteiger partial charge in [0, 0.05) is 17.6 Å². The Kier molecular flexibility index (Phi) is 10.1. The van der Waals surface area contributed by atoms with E-state index in [0.717, 1.165) is 44.6 Å². The molecule has 0 radical (unpaired) electrons. The first-order chi connectivity index (χ1) is 15.9. The van der Waals surface area contributed by atoms with Crippen molar-refractivity contribution in [2.45, 2.75) is 53.1 Å². The number of rotatable bonds is 11. The zero-order valence-corrected chi connectivity index (χ0v) is 22.9. The van der Waals surface area contributed by atoms with E-state index in [4.69, 9.17) is 0 Å². The van der Waals surface area contributed by atoms with E-state index in [1.807, 2.05) is 45.0 Å². The van der Waals surface area contributed by atoms with Gasteiger partial charge in [0.1, 0.15) is 12.6 Å². The maximum Gasteiger partial charge on any atom is 0.244 e. The molecule has 0 aliphatic carbocycles. The van der Waals surface area contributed by atoms with Gasteiger partial charge in [0.2, 0.25) is 21.8 Å². The van der Waals surface area contributed by atoms with E-state index < -0.39 is 28.5 Å². The summed E-state index contributed by atoms with van der Waals surface area (Å²) in [7, 11) is -3.75. The number of halogens is 1. The first-order valence-electron chi connectivity index (χ1n) is 11.3. The third-order valence-electron chi connectivity index (χ3n) is 5.54. The lowest BCUT2D eigenvalue weighted by atomic mass is 10.1. The van der Waals surface area contributed by atoms with Crippen LogP contribution in [0.2, 0.25) is 0 Å². The number of aryl methyl sites for hydroxylation is 2. The molecular weight excluding hydrogens is 518 g/mol. The third-order valence-corrected chi connectivity index (χ3v) is 7.57. The Morgan fingerprint density at radius 1 is 1.12 bits per heavy atom. The lowest BCUT2D eigenvalue weighted by Gasteiger charge is -2.31. The number of nitrogens with one attached hydrogen (secondary N) is 1. The smallest absolute Gasteiger partial charge is 0.244 e. The maximum atomic E-state index is 13.5. The lowest BCUT2D eigenvalue weighted by Crippen LogP contribution is -2.51. The summed E-state index contributed by atoms with van der Waals surface area (Å²) in [4.78, 5) is 27.8. The highest BCUT2D eigenvalue weighted by Gasteiger charge is 2.30. The van der Waals surface area contributed by atoms with Crippen LogP contribution in [0.4, 0.5) is 5.69 Å². The highest BCUT2D eigenvalue weighted by atomic mass is 79.9. The highest BCUT2D eigenvalue weighted by molar-refractivity contribution is 9.10. The fourth-order valence-corrected chi connectivity index (χ4v) is 4.61. The summed E-state index contributed by atoms with van der Waals surface area (Å²) in [6.45, 7) is 7.83. The molecule has 1 atom stereocenters. The van der Waals surface area contributed by atoms with Gasteiger partial charge in [0.25, 0.3) is 0 Å². The van der Waals surface area contributed by atoms with E-state index >= 15 is 0 Å². The monoisotopic (exact) mass is 551 g/mol.